The number of fused-ring (bicyclic) bond motifs is 1. The first-order chi connectivity index (χ1) is 13.5. The van der Waals surface area contributed by atoms with Gasteiger partial charge in [-0.25, -0.2) is 13.2 Å². The fourth-order valence-corrected chi connectivity index (χ4v) is 4.19. The van der Waals surface area contributed by atoms with Crippen molar-refractivity contribution in [2.75, 3.05) is 36.7 Å². The number of carbonyl (C=O) groups excluding carboxylic acids is 1. The maximum absolute atomic E-state index is 12.3. The predicted molar refractivity (Wildman–Crippen MR) is 103 cm³/mol. The molecule has 0 aromatic heterocycles. The number of urea groups is 1. The number of nitrogens with one attached hydrogen (secondary N) is 1. The van der Waals surface area contributed by atoms with E-state index in [1.807, 2.05) is 24.3 Å². The van der Waals surface area contributed by atoms with Crippen molar-refractivity contribution in [1.29, 1.82) is 0 Å². The van der Waals surface area contributed by atoms with E-state index in [4.69, 9.17) is 14.2 Å². The smallest absolute Gasteiger partial charge is 0.321 e. The molecule has 0 atom stereocenters. The third-order valence-electron chi connectivity index (χ3n) is 4.56. The van der Waals surface area contributed by atoms with E-state index in [1.165, 1.54) is 4.90 Å². The molecule has 0 radical (unpaired) electrons. The lowest BCUT2D eigenvalue weighted by Crippen LogP contribution is -2.45. The Bertz CT molecular complexity index is 978. The average molecular weight is 404 g/mol. The number of amides is 2. The molecule has 2 aliphatic rings. The Kier molecular flexibility index (Phi) is 4.99. The van der Waals surface area contributed by atoms with Crippen LogP contribution in [0.15, 0.2) is 42.5 Å². The molecule has 9 heteroatoms. The standard InChI is InChI=1S/C19H20N2O6S/c22-19(21-6-8-28(23,24)9-7-21)20-15-3-1-2-14(10-15)12-25-16-4-5-17-18(11-16)27-13-26-17/h1-5,10-11H,6-9,12-13H2,(H,20,22). The highest BCUT2D eigenvalue weighted by Crippen LogP contribution is 2.35. The molecule has 0 aliphatic carbocycles. The van der Waals surface area contributed by atoms with Crippen molar-refractivity contribution in [3.63, 3.8) is 0 Å². The Morgan fingerprint density at radius 3 is 2.68 bits per heavy atom. The predicted octanol–water partition coefficient (Wildman–Crippen LogP) is 2.26. The van der Waals surface area contributed by atoms with Crippen molar-refractivity contribution in [2.45, 2.75) is 6.61 Å². The van der Waals surface area contributed by atoms with Crippen LogP contribution in [0.25, 0.3) is 0 Å². The van der Waals surface area contributed by atoms with Gasteiger partial charge in [-0.15, -0.1) is 0 Å². The van der Waals surface area contributed by atoms with Crippen LogP contribution >= 0.6 is 0 Å². The first kappa shape index (κ1) is 18.4. The van der Waals surface area contributed by atoms with E-state index in [1.54, 1.807) is 18.2 Å². The van der Waals surface area contributed by atoms with Crippen LogP contribution in [0.2, 0.25) is 0 Å². The van der Waals surface area contributed by atoms with Crippen molar-refractivity contribution in [3.8, 4) is 17.2 Å². The van der Waals surface area contributed by atoms with E-state index in [2.05, 4.69) is 5.32 Å². The van der Waals surface area contributed by atoms with E-state index in [0.29, 0.717) is 29.5 Å². The first-order valence-corrected chi connectivity index (χ1v) is 10.7. The van der Waals surface area contributed by atoms with Crippen LogP contribution in [0.5, 0.6) is 17.2 Å². The number of anilines is 1. The normalized spacial score (nSPS) is 17.2. The number of nitrogens with zero attached hydrogens (tertiary/aromatic N) is 1. The van der Waals surface area contributed by atoms with Crippen molar-refractivity contribution < 1.29 is 27.4 Å². The largest absolute Gasteiger partial charge is 0.489 e. The van der Waals surface area contributed by atoms with Gasteiger partial charge in [0.1, 0.15) is 12.4 Å². The third kappa shape index (κ3) is 4.30. The van der Waals surface area contributed by atoms with Gasteiger partial charge >= 0.3 is 6.03 Å². The summed E-state index contributed by atoms with van der Waals surface area (Å²) < 4.78 is 39.4. The second-order valence-corrected chi connectivity index (χ2v) is 8.88. The zero-order chi connectivity index (χ0) is 19.6. The summed E-state index contributed by atoms with van der Waals surface area (Å²) in [5.74, 6) is 2.02. The topological polar surface area (TPSA) is 94.2 Å². The lowest BCUT2D eigenvalue weighted by Gasteiger charge is -2.26. The average Bonchev–Trinajstić information content (AvgIpc) is 3.14. The van der Waals surface area contributed by atoms with Crippen molar-refractivity contribution in [1.82, 2.24) is 4.90 Å². The SMILES string of the molecule is O=C(Nc1cccc(COc2ccc3c(c2)OCO3)c1)N1CCS(=O)(=O)CC1. The summed E-state index contributed by atoms with van der Waals surface area (Å²) in [6.07, 6.45) is 0. The van der Waals surface area contributed by atoms with Gasteiger partial charge in [-0.05, 0) is 29.8 Å². The van der Waals surface area contributed by atoms with Gasteiger partial charge in [0, 0.05) is 24.8 Å². The van der Waals surface area contributed by atoms with Crippen molar-refractivity contribution in [3.05, 3.63) is 48.0 Å². The van der Waals surface area contributed by atoms with Gasteiger partial charge in [0.05, 0.1) is 11.5 Å². The maximum atomic E-state index is 12.3. The van der Waals surface area contributed by atoms with E-state index < -0.39 is 9.84 Å². The highest BCUT2D eigenvalue weighted by Gasteiger charge is 2.25. The lowest BCUT2D eigenvalue weighted by atomic mass is 10.2. The Morgan fingerprint density at radius 1 is 1.07 bits per heavy atom. The van der Waals surface area contributed by atoms with Gasteiger partial charge in [-0.2, -0.15) is 0 Å². The van der Waals surface area contributed by atoms with Gasteiger partial charge in [-0.3, -0.25) is 0 Å². The van der Waals surface area contributed by atoms with Crippen LogP contribution < -0.4 is 19.5 Å². The molecule has 0 unspecified atom stereocenters. The molecule has 0 bridgehead atoms. The van der Waals surface area contributed by atoms with Crippen LogP contribution in [0, 0.1) is 0 Å². The molecule has 2 heterocycles. The molecule has 2 amide bonds. The van der Waals surface area contributed by atoms with Gasteiger partial charge in [-0.1, -0.05) is 12.1 Å². The van der Waals surface area contributed by atoms with E-state index >= 15 is 0 Å². The van der Waals surface area contributed by atoms with Crippen LogP contribution in [0.1, 0.15) is 5.56 Å². The Balaban J connectivity index is 1.34. The quantitative estimate of drug-likeness (QED) is 0.840. The molecule has 2 aromatic carbocycles. The van der Waals surface area contributed by atoms with Crippen molar-refractivity contribution >= 4 is 21.6 Å². The number of hydrogen-bond donors (Lipinski definition) is 1. The van der Waals surface area contributed by atoms with Crippen LogP contribution in [-0.2, 0) is 16.4 Å². The fraction of sp³-hybridized carbons (Fsp3) is 0.316. The van der Waals surface area contributed by atoms with Crippen LogP contribution in [0.4, 0.5) is 10.5 Å². The summed E-state index contributed by atoms with van der Waals surface area (Å²) in [7, 11) is -3.02. The molecule has 2 aromatic rings. The minimum Gasteiger partial charge on any atom is -0.489 e. The first-order valence-electron chi connectivity index (χ1n) is 8.86. The summed E-state index contributed by atoms with van der Waals surface area (Å²) in [6.45, 7) is 0.955. The maximum Gasteiger partial charge on any atom is 0.321 e. The summed E-state index contributed by atoms with van der Waals surface area (Å²) in [4.78, 5) is 13.9. The van der Waals surface area contributed by atoms with Crippen molar-refractivity contribution in [2.24, 2.45) is 0 Å². The molecule has 4 rings (SSSR count). The molecule has 1 saturated heterocycles. The van der Waals surface area contributed by atoms with E-state index in [9.17, 15) is 13.2 Å². The summed E-state index contributed by atoms with van der Waals surface area (Å²) in [5, 5.41) is 2.81. The lowest BCUT2D eigenvalue weighted by molar-refractivity contribution is 0.173. The number of benzene rings is 2. The number of carbonyl (C=O) groups is 1. The summed E-state index contributed by atoms with van der Waals surface area (Å²) in [5.41, 5.74) is 1.52. The third-order valence-corrected chi connectivity index (χ3v) is 6.17. The minimum absolute atomic E-state index is 0.00380. The zero-order valence-corrected chi connectivity index (χ0v) is 15.9. The minimum atomic E-state index is -3.02. The highest BCUT2D eigenvalue weighted by molar-refractivity contribution is 7.91. The second kappa shape index (κ2) is 7.59. The molecule has 0 saturated carbocycles. The molecule has 8 nitrogen and oxygen atoms in total. The molecule has 1 N–H and O–H groups in total. The molecule has 0 spiro atoms. The van der Waals surface area contributed by atoms with Gasteiger partial charge < -0.3 is 24.4 Å². The summed E-state index contributed by atoms with van der Waals surface area (Å²) in [6, 6.07) is 12.4. The Hall–Kier alpha value is -2.94. The highest BCUT2D eigenvalue weighted by atomic mass is 32.2. The van der Waals surface area contributed by atoms with Crippen LogP contribution in [0.3, 0.4) is 0 Å². The molecular formula is C19H20N2O6S. The van der Waals surface area contributed by atoms with E-state index in [0.717, 1.165) is 5.56 Å². The van der Waals surface area contributed by atoms with Crippen LogP contribution in [-0.4, -0.2) is 50.7 Å². The van der Waals surface area contributed by atoms with Gasteiger partial charge in [0.15, 0.2) is 21.3 Å². The number of sulfone groups is 1. The Morgan fingerprint density at radius 2 is 1.86 bits per heavy atom. The summed E-state index contributed by atoms with van der Waals surface area (Å²) >= 11 is 0. The number of ether oxygens (including phenoxy) is 3. The second-order valence-electron chi connectivity index (χ2n) is 6.57. The molecule has 1 fully saturated rings. The number of rotatable bonds is 4. The molecular weight excluding hydrogens is 384 g/mol. The Labute approximate surface area is 162 Å². The zero-order valence-electron chi connectivity index (χ0n) is 15.1. The fourth-order valence-electron chi connectivity index (χ4n) is 2.99. The molecule has 148 valence electrons. The molecule has 28 heavy (non-hydrogen) atoms. The van der Waals surface area contributed by atoms with Gasteiger partial charge in [0.2, 0.25) is 6.79 Å². The molecule has 2 aliphatic heterocycles. The number of hydrogen-bond acceptors (Lipinski definition) is 6. The van der Waals surface area contributed by atoms with Gasteiger partial charge in [0.25, 0.3) is 0 Å². The van der Waals surface area contributed by atoms with E-state index in [-0.39, 0.29) is 37.4 Å². The monoisotopic (exact) mass is 404 g/mol.